The van der Waals surface area contributed by atoms with Crippen molar-refractivity contribution in [3.8, 4) is 5.75 Å². The Bertz CT molecular complexity index is 1220. The molecule has 8 nitrogen and oxygen atoms in total. The first-order chi connectivity index (χ1) is 15.2. The summed E-state index contributed by atoms with van der Waals surface area (Å²) in [5.41, 5.74) is 0.923. The maximum atomic E-state index is 13.1. The monoisotopic (exact) mass is 476 g/mol. The Hall–Kier alpha value is -2.43. The van der Waals surface area contributed by atoms with Crippen molar-refractivity contribution in [2.75, 3.05) is 33.3 Å². The maximum Gasteiger partial charge on any atom is 0.264 e. The average molecular weight is 477 g/mol. The van der Waals surface area contributed by atoms with Crippen molar-refractivity contribution in [3.05, 3.63) is 40.9 Å². The molecule has 1 saturated heterocycles. The lowest BCUT2D eigenvalue weighted by molar-refractivity contribution is 0.0703. The number of hydrogen-bond acceptors (Lipinski definition) is 6. The van der Waals surface area contributed by atoms with E-state index >= 15 is 0 Å². The van der Waals surface area contributed by atoms with Gasteiger partial charge in [0.25, 0.3) is 5.91 Å². The van der Waals surface area contributed by atoms with Gasteiger partial charge in [-0.2, -0.15) is 9.40 Å². The predicted octanol–water partition coefficient (Wildman–Crippen LogP) is 3.22. The van der Waals surface area contributed by atoms with E-state index in [-0.39, 0.29) is 23.9 Å². The largest absolute Gasteiger partial charge is 0.497 e. The highest BCUT2D eigenvalue weighted by atomic mass is 32.2. The van der Waals surface area contributed by atoms with Crippen molar-refractivity contribution < 1.29 is 17.9 Å². The number of sulfonamides is 1. The molecular formula is C22H28N4O4S2. The number of nitrogens with zero attached hydrogens (tertiary/aromatic N) is 4. The molecule has 0 radical (unpaired) electrons. The third kappa shape index (κ3) is 4.26. The molecule has 1 aliphatic heterocycles. The predicted molar refractivity (Wildman–Crippen MR) is 125 cm³/mol. The number of benzene rings is 1. The van der Waals surface area contributed by atoms with E-state index in [4.69, 9.17) is 4.74 Å². The topological polar surface area (TPSA) is 84.7 Å². The molecule has 172 valence electrons. The fourth-order valence-electron chi connectivity index (χ4n) is 3.87. The average Bonchev–Trinajstić information content (AvgIpc) is 3.34. The van der Waals surface area contributed by atoms with Gasteiger partial charge in [0.15, 0.2) is 0 Å². The van der Waals surface area contributed by atoms with Crippen LogP contribution in [0.25, 0.3) is 10.2 Å². The molecule has 4 rings (SSSR count). The maximum absolute atomic E-state index is 13.1. The van der Waals surface area contributed by atoms with Crippen molar-refractivity contribution in [2.24, 2.45) is 5.92 Å². The van der Waals surface area contributed by atoms with E-state index in [1.807, 2.05) is 17.7 Å². The smallest absolute Gasteiger partial charge is 0.264 e. The van der Waals surface area contributed by atoms with Gasteiger partial charge in [-0.3, -0.25) is 9.48 Å². The van der Waals surface area contributed by atoms with Gasteiger partial charge >= 0.3 is 0 Å². The highest BCUT2D eigenvalue weighted by molar-refractivity contribution is 7.89. The Balaban J connectivity index is 1.46. The Morgan fingerprint density at radius 1 is 1.16 bits per heavy atom. The third-order valence-corrected chi connectivity index (χ3v) is 8.63. The van der Waals surface area contributed by atoms with Crippen molar-refractivity contribution in [1.82, 2.24) is 19.0 Å². The summed E-state index contributed by atoms with van der Waals surface area (Å²) in [5.74, 6) is 1.01. The van der Waals surface area contributed by atoms with Crippen LogP contribution in [-0.4, -0.2) is 66.6 Å². The van der Waals surface area contributed by atoms with E-state index in [1.165, 1.54) is 22.8 Å². The third-order valence-electron chi connectivity index (χ3n) is 5.58. The molecule has 1 amide bonds. The van der Waals surface area contributed by atoms with Crippen LogP contribution >= 0.6 is 11.3 Å². The summed E-state index contributed by atoms with van der Waals surface area (Å²) in [7, 11) is -2.06. The highest BCUT2D eigenvalue weighted by Gasteiger charge is 2.31. The number of fused-ring (bicyclic) bond motifs is 1. The first kappa shape index (κ1) is 22.8. The summed E-state index contributed by atoms with van der Waals surface area (Å²) in [4.78, 5) is 16.8. The molecule has 3 aromatic rings. The van der Waals surface area contributed by atoms with Crippen LogP contribution < -0.4 is 4.74 Å². The van der Waals surface area contributed by atoms with Gasteiger partial charge in [-0.1, -0.05) is 13.8 Å². The van der Waals surface area contributed by atoms with Gasteiger partial charge in [0.2, 0.25) is 10.0 Å². The van der Waals surface area contributed by atoms with Gasteiger partial charge in [0, 0.05) is 38.1 Å². The Morgan fingerprint density at radius 3 is 2.41 bits per heavy atom. The SMILES string of the molecule is COc1ccc(S(=O)(=O)N2CCN(C(=O)c3cc4c(C)nn(CC(C)C)c4s3)CC2)cc1. The summed E-state index contributed by atoms with van der Waals surface area (Å²) in [5, 5.41) is 5.61. The number of rotatable bonds is 6. The normalized spacial score (nSPS) is 15.6. The molecule has 1 aromatic carbocycles. The number of carbonyl (C=O) groups is 1. The van der Waals surface area contributed by atoms with Crippen LogP contribution in [0.2, 0.25) is 0 Å². The van der Waals surface area contributed by atoms with Gasteiger partial charge in [-0.15, -0.1) is 11.3 Å². The van der Waals surface area contributed by atoms with Gasteiger partial charge in [-0.25, -0.2) is 8.42 Å². The first-order valence-corrected chi connectivity index (χ1v) is 12.9. The number of thiophene rings is 1. The van der Waals surface area contributed by atoms with Crippen LogP contribution in [0, 0.1) is 12.8 Å². The van der Waals surface area contributed by atoms with Crippen LogP contribution in [0.1, 0.15) is 29.2 Å². The highest BCUT2D eigenvalue weighted by Crippen LogP contribution is 2.30. The molecule has 0 unspecified atom stereocenters. The zero-order valence-electron chi connectivity index (χ0n) is 18.7. The molecule has 1 aliphatic rings. The number of aromatic nitrogens is 2. The minimum atomic E-state index is -3.60. The molecule has 2 aromatic heterocycles. The zero-order valence-corrected chi connectivity index (χ0v) is 20.4. The van der Waals surface area contributed by atoms with Crippen molar-refractivity contribution >= 4 is 37.5 Å². The number of piperazine rings is 1. The number of aryl methyl sites for hydroxylation is 1. The Morgan fingerprint density at radius 2 is 1.81 bits per heavy atom. The molecule has 0 bridgehead atoms. The number of carbonyl (C=O) groups excluding carboxylic acids is 1. The van der Waals surface area contributed by atoms with Gasteiger partial charge in [-0.05, 0) is 43.2 Å². The van der Waals surface area contributed by atoms with E-state index in [0.717, 1.165) is 22.5 Å². The molecule has 0 saturated carbocycles. The Labute approximate surface area is 192 Å². The van der Waals surface area contributed by atoms with E-state index in [2.05, 4.69) is 18.9 Å². The first-order valence-electron chi connectivity index (χ1n) is 10.6. The quantitative estimate of drug-likeness (QED) is 0.545. The molecule has 0 N–H and O–H groups in total. The van der Waals surface area contributed by atoms with E-state index in [0.29, 0.717) is 29.6 Å². The molecule has 0 aliphatic carbocycles. The molecule has 0 spiro atoms. The Kier molecular flexibility index (Phi) is 6.28. The van der Waals surface area contributed by atoms with E-state index in [9.17, 15) is 13.2 Å². The number of amides is 1. The fraction of sp³-hybridized carbons (Fsp3) is 0.455. The lowest BCUT2D eigenvalue weighted by atomic mass is 10.2. The second-order valence-corrected chi connectivity index (χ2v) is 11.3. The second-order valence-electron chi connectivity index (χ2n) is 8.36. The standard InChI is InChI=1S/C22H28N4O4S2/c1-15(2)14-26-22-19(16(3)23-26)13-20(31-22)21(27)24-9-11-25(12-10-24)32(28,29)18-7-5-17(30-4)6-8-18/h5-8,13,15H,9-12,14H2,1-4H3. The van der Waals surface area contributed by atoms with Crippen LogP contribution in [0.5, 0.6) is 5.75 Å². The minimum absolute atomic E-state index is 0.0526. The second kappa shape index (κ2) is 8.84. The summed E-state index contributed by atoms with van der Waals surface area (Å²) < 4.78 is 34.4. The van der Waals surface area contributed by atoms with E-state index < -0.39 is 10.0 Å². The summed E-state index contributed by atoms with van der Waals surface area (Å²) >= 11 is 1.46. The van der Waals surface area contributed by atoms with Crippen LogP contribution in [0.15, 0.2) is 35.2 Å². The van der Waals surface area contributed by atoms with Crippen LogP contribution in [0.3, 0.4) is 0 Å². The number of methoxy groups -OCH3 is 1. The molecule has 10 heteroatoms. The lowest BCUT2D eigenvalue weighted by Gasteiger charge is -2.33. The summed E-state index contributed by atoms with van der Waals surface area (Å²) in [6.45, 7) is 8.31. The fourth-order valence-corrected chi connectivity index (χ4v) is 6.43. The molecule has 3 heterocycles. The molecular weight excluding hydrogens is 448 g/mol. The number of ether oxygens (including phenoxy) is 1. The van der Waals surface area contributed by atoms with E-state index in [1.54, 1.807) is 29.2 Å². The van der Waals surface area contributed by atoms with Crippen LogP contribution in [-0.2, 0) is 16.6 Å². The minimum Gasteiger partial charge on any atom is -0.497 e. The van der Waals surface area contributed by atoms with Crippen LogP contribution in [0.4, 0.5) is 0 Å². The van der Waals surface area contributed by atoms with Crippen molar-refractivity contribution in [1.29, 1.82) is 0 Å². The number of hydrogen-bond donors (Lipinski definition) is 0. The van der Waals surface area contributed by atoms with Crippen molar-refractivity contribution in [2.45, 2.75) is 32.2 Å². The molecule has 32 heavy (non-hydrogen) atoms. The molecule has 1 fully saturated rings. The molecule has 0 atom stereocenters. The summed E-state index contributed by atoms with van der Waals surface area (Å²) in [6.07, 6.45) is 0. The van der Waals surface area contributed by atoms with Gasteiger partial charge in [0.1, 0.15) is 10.6 Å². The zero-order chi connectivity index (χ0) is 23.0. The lowest BCUT2D eigenvalue weighted by Crippen LogP contribution is -2.50. The van der Waals surface area contributed by atoms with Gasteiger partial charge < -0.3 is 9.64 Å². The van der Waals surface area contributed by atoms with Crippen molar-refractivity contribution in [3.63, 3.8) is 0 Å². The summed E-state index contributed by atoms with van der Waals surface area (Å²) in [6, 6.07) is 8.28. The van der Waals surface area contributed by atoms with Gasteiger partial charge in [0.05, 0.1) is 22.6 Å².